The molecular weight excluding hydrogens is 467 g/mol. The zero-order chi connectivity index (χ0) is 19.1. The van der Waals surface area contributed by atoms with Crippen molar-refractivity contribution in [2.24, 2.45) is 10.9 Å². The molecule has 2 aromatic rings. The second-order valence-corrected chi connectivity index (χ2v) is 6.82. The standard InChI is InChI=1S/C21H28N4O2.HI/c1-15-7-10-17(19(11-15)27-14-16-8-9-16)12-23-21(22-2)24-13-18-5-4-6-20(25-18)26-3;/h4-7,10-11,16H,8-9,12-14H2,1-3H3,(H2,22,23,24);1H. The van der Waals surface area contributed by atoms with E-state index in [-0.39, 0.29) is 24.0 Å². The number of hydrogen-bond acceptors (Lipinski definition) is 4. The van der Waals surface area contributed by atoms with Crippen molar-refractivity contribution in [2.45, 2.75) is 32.9 Å². The van der Waals surface area contributed by atoms with E-state index >= 15 is 0 Å². The molecule has 0 amide bonds. The van der Waals surface area contributed by atoms with Crippen molar-refractivity contribution in [2.75, 3.05) is 20.8 Å². The summed E-state index contributed by atoms with van der Waals surface area (Å²) in [5, 5.41) is 6.63. The maximum atomic E-state index is 6.04. The van der Waals surface area contributed by atoms with Crippen molar-refractivity contribution >= 4 is 29.9 Å². The summed E-state index contributed by atoms with van der Waals surface area (Å²) in [6.07, 6.45) is 2.57. The molecule has 152 valence electrons. The van der Waals surface area contributed by atoms with Gasteiger partial charge >= 0.3 is 0 Å². The van der Waals surface area contributed by atoms with Gasteiger partial charge in [0.05, 0.1) is 26.0 Å². The van der Waals surface area contributed by atoms with Gasteiger partial charge in [-0.15, -0.1) is 24.0 Å². The quantitative estimate of drug-likeness (QED) is 0.332. The first-order chi connectivity index (χ1) is 13.2. The molecule has 3 rings (SSSR count). The molecule has 1 heterocycles. The van der Waals surface area contributed by atoms with Gasteiger partial charge in [0, 0.05) is 25.2 Å². The normalized spacial score (nSPS) is 13.5. The first kappa shape index (κ1) is 22.3. The first-order valence-corrected chi connectivity index (χ1v) is 9.34. The Morgan fingerprint density at radius 3 is 2.68 bits per heavy atom. The van der Waals surface area contributed by atoms with E-state index in [1.165, 1.54) is 18.4 Å². The molecule has 2 N–H and O–H groups in total. The number of hydrogen-bond donors (Lipinski definition) is 2. The van der Waals surface area contributed by atoms with E-state index in [9.17, 15) is 0 Å². The van der Waals surface area contributed by atoms with Crippen LogP contribution in [0.2, 0.25) is 0 Å². The summed E-state index contributed by atoms with van der Waals surface area (Å²) >= 11 is 0. The molecule has 0 spiro atoms. The Kier molecular flexibility index (Phi) is 8.82. The lowest BCUT2D eigenvalue weighted by molar-refractivity contribution is 0.296. The van der Waals surface area contributed by atoms with Crippen LogP contribution in [0.1, 0.15) is 29.7 Å². The number of nitrogens with zero attached hydrogens (tertiary/aromatic N) is 2. The minimum Gasteiger partial charge on any atom is -0.493 e. The molecule has 0 atom stereocenters. The van der Waals surface area contributed by atoms with Crippen LogP contribution in [0.25, 0.3) is 0 Å². The Balaban J connectivity index is 0.00000280. The highest BCUT2D eigenvalue weighted by atomic mass is 127. The Morgan fingerprint density at radius 1 is 1.18 bits per heavy atom. The highest BCUT2D eigenvalue weighted by Crippen LogP contribution is 2.30. The Labute approximate surface area is 184 Å². The lowest BCUT2D eigenvalue weighted by atomic mass is 10.1. The van der Waals surface area contributed by atoms with Crippen LogP contribution in [0.15, 0.2) is 41.4 Å². The third-order valence-electron chi connectivity index (χ3n) is 4.49. The number of ether oxygens (including phenoxy) is 2. The van der Waals surface area contributed by atoms with Crippen molar-refractivity contribution < 1.29 is 9.47 Å². The van der Waals surface area contributed by atoms with Gasteiger partial charge in [-0.2, -0.15) is 0 Å². The van der Waals surface area contributed by atoms with Crippen molar-refractivity contribution in [1.29, 1.82) is 0 Å². The average Bonchev–Trinajstić information content (AvgIpc) is 3.52. The van der Waals surface area contributed by atoms with Crippen LogP contribution in [0.3, 0.4) is 0 Å². The molecule has 1 aliphatic rings. The molecule has 1 aliphatic carbocycles. The summed E-state index contributed by atoms with van der Waals surface area (Å²) in [6, 6.07) is 12.0. The van der Waals surface area contributed by atoms with Gasteiger partial charge < -0.3 is 20.1 Å². The minimum absolute atomic E-state index is 0. The molecule has 1 aromatic carbocycles. The predicted octanol–water partition coefficient (Wildman–Crippen LogP) is 3.67. The molecule has 1 fully saturated rings. The number of halogens is 1. The highest BCUT2D eigenvalue weighted by molar-refractivity contribution is 14.0. The van der Waals surface area contributed by atoms with Gasteiger partial charge in [0.1, 0.15) is 5.75 Å². The van der Waals surface area contributed by atoms with E-state index in [0.29, 0.717) is 24.9 Å². The van der Waals surface area contributed by atoms with Crippen LogP contribution in [0, 0.1) is 12.8 Å². The van der Waals surface area contributed by atoms with Gasteiger partial charge in [-0.3, -0.25) is 4.99 Å². The molecule has 1 saturated carbocycles. The summed E-state index contributed by atoms with van der Waals surface area (Å²) in [6.45, 7) is 4.11. The number of aryl methyl sites for hydroxylation is 1. The molecule has 0 bridgehead atoms. The second-order valence-electron chi connectivity index (χ2n) is 6.82. The first-order valence-electron chi connectivity index (χ1n) is 9.34. The third-order valence-corrected chi connectivity index (χ3v) is 4.49. The van der Waals surface area contributed by atoms with E-state index in [1.807, 2.05) is 18.2 Å². The number of nitrogens with one attached hydrogen (secondary N) is 2. The van der Waals surface area contributed by atoms with E-state index in [0.717, 1.165) is 29.5 Å². The van der Waals surface area contributed by atoms with Gasteiger partial charge in [-0.05, 0) is 43.4 Å². The van der Waals surface area contributed by atoms with Crippen LogP contribution in [-0.4, -0.2) is 31.7 Å². The molecule has 1 aromatic heterocycles. The maximum absolute atomic E-state index is 6.04. The fourth-order valence-electron chi connectivity index (χ4n) is 2.68. The van der Waals surface area contributed by atoms with Crippen LogP contribution >= 0.6 is 24.0 Å². The molecule has 0 aliphatic heterocycles. The summed E-state index contributed by atoms with van der Waals surface area (Å²) in [5.74, 6) is 3.01. The van der Waals surface area contributed by atoms with Gasteiger partial charge in [0.25, 0.3) is 0 Å². The van der Waals surface area contributed by atoms with Crippen molar-refractivity contribution in [3.63, 3.8) is 0 Å². The topological polar surface area (TPSA) is 67.8 Å². The number of guanidine groups is 1. The monoisotopic (exact) mass is 496 g/mol. The molecule has 6 nitrogen and oxygen atoms in total. The number of aromatic nitrogens is 1. The summed E-state index contributed by atoms with van der Waals surface area (Å²) in [7, 11) is 3.37. The highest BCUT2D eigenvalue weighted by Gasteiger charge is 2.22. The predicted molar refractivity (Wildman–Crippen MR) is 123 cm³/mol. The Hall–Kier alpha value is -2.03. The van der Waals surface area contributed by atoms with Gasteiger partial charge in [-0.25, -0.2) is 4.98 Å². The fourth-order valence-corrected chi connectivity index (χ4v) is 2.68. The summed E-state index contributed by atoms with van der Waals surface area (Å²) in [4.78, 5) is 8.69. The zero-order valence-corrected chi connectivity index (χ0v) is 19.0. The van der Waals surface area contributed by atoms with Gasteiger partial charge in [0.2, 0.25) is 5.88 Å². The summed E-state index contributed by atoms with van der Waals surface area (Å²) < 4.78 is 11.2. The minimum atomic E-state index is 0. The fraction of sp³-hybridized carbons (Fsp3) is 0.429. The average molecular weight is 496 g/mol. The SMILES string of the molecule is CN=C(NCc1cccc(OC)n1)NCc1ccc(C)cc1OCC1CC1.I. The maximum Gasteiger partial charge on any atom is 0.213 e. The lowest BCUT2D eigenvalue weighted by Crippen LogP contribution is -2.36. The largest absolute Gasteiger partial charge is 0.493 e. The van der Waals surface area contributed by atoms with E-state index in [2.05, 4.69) is 45.7 Å². The number of methoxy groups -OCH3 is 1. The lowest BCUT2D eigenvalue weighted by Gasteiger charge is -2.15. The van der Waals surface area contributed by atoms with E-state index in [1.54, 1.807) is 14.2 Å². The number of rotatable bonds is 8. The molecule has 0 unspecified atom stereocenters. The smallest absolute Gasteiger partial charge is 0.213 e. The zero-order valence-electron chi connectivity index (χ0n) is 16.7. The van der Waals surface area contributed by atoms with Crippen molar-refractivity contribution in [3.05, 3.63) is 53.2 Å². The van der Waals surface area contributed by atoms with Crippen LogP contribution in [0.4, 0.5) is 0 Å². The molecule has 0 saturated heterocycles. The number of pyridine rings is 1. The molecule has 0 radical (unpaired) electrons. The third kappa shape index (κ3) is 6.85. The summed E-state index contributed by atoms with van der Waals surface area (Å²) in [5.41, 5.74) is 3.22. The van der Waals surface area contributed by atoms with Gasteiger partial charge in [0.15, 0.2) is 5.96 Å². The van der Waals surface area contributed by atoms with Crippen LogP contribution in [-0.2, 0) is 13.1 Å². The molecule has 7 heteroatoms. The van der Waals surface area contributed by atoms with E-state index in [4.69, 9.17) is 9.47 Å². The van der Waals surface area contributed by atoms with E-state index < -0.39 is 0 Å². The van der Waals surface area contributed by atoms with Crippen LogP contribution < -0.4 is 20.1 Å². The molecular formula is C21H29IN4O2. The van der Waals surface area contributed by atoms with Crippen LogP contribution in [0.5, 0.6) is 11.6 Å². The van der Waals surface area contributed by atoms with Crippen molar-refractivity contribution in [1.82, 2.24) is 15.6 Å². The Morgan fingerprint density at radius 2 is 1.96 bits per heavy atom. The number of aliphatic imine (C=N–C) groups is 1. The molecule has 28 heavy (non-hydrogen) atoms. The van der Waals surface area contributed by atoms with Gasteiger partial charge in [-0.1, -0.05) is 18.2 Å². The number of benzene rings is 1. The van der Waals surface area contributed by atoms with Crippen molar-refractivity contribution in [3.8, 4) is 11.6 Å². The Bertz CT molecular complexity index is 794. The second kappa shape index (κ2) is 11.1.